The van der Waals surface area contributed by atoms with E-state index in [2.05, 4.69) is 58.0 Å². The maximum Gasteiger partial charge on any atom is 0.166 e. The van der Waals surface area contributed by atoms with Crippen LogP contribution in [0.15, 0.2) is 30.3 Å². The second-order valence-corrected chi connectivity index (χ2v) is 8.81. The van der Waals surface area contributed by atoms with E-state index in [9.17, 15) is 9.59 Å². The number of ether oxygens (including phenoxy) is 2. The Morgan fingerprint density at radius 3 is 2.03 bits per heavy atom. The fourth-order valence-corrected chi connectivity index (χ4v) is 4.03. The Balaban J connectivity index is 0. The zero-order chi connectivity index (χ0) is 22.6. The summed E-state index contributed by atoms with van der Waals surface area (Å²) in [7, 11) is 0. The van der Waals surface area contributed by atoms with Crippen LogP contribution in [0, 0.1) is 30.1 Å². The molecule has 32 heavy (non-hydrogen) atoms. The molecule has 0 spiro atoms. The fraction of sp³-hybridized carbons (Fsp3) is 0.615. The zero-order valence-electron chi connectivity index (χ0n) is 20.8. The van der Waals surface area contributed by atoms with Crippen molar-refractivity contribution in [1.29, 1.82) is 0 Å². The third-order valence-corrected chi connectivity index (χ3v) is 6.20. The Bertz CT molecular complexity index is 638. The normalized spacial score (nSPS) is 14.9. The Kier molecular flexibility index (Phi) is 19.7. The van der Waals surface area contributed by atoms with E-state index < -0.39 is 0 Å². The van der Waals surface area contributed by atoms with Gasteiger partial charge >= 0.3 is 0 Å². The van der Waals surface area contributed by atoms with Crippen molar-refractivity contribution in [1.82, 2.24) is 0 Å². The molecule has 0 aliphatic carbocycles. The molecule has 1 aromatic rings. The van der Waals surface area contributed by atoms with Crippen molar-refractivity contribution in [3.05, 3.63) is 48.7 Å². The summed E-state index contributed by atoms with van der Waals surface area (Å²) in [6.45, 7) is 13.1. The first-order chi connectivity index (χ1) is 14.2. The molecule has 0 fully saturated rings. The van der Waals surface area contributed by atoms with Crippen molar-refractivity contribution in [3.8, 4) is 0 Å². The number of carbonyl (C=O) groups excluding carboxylic acids is 2. The van der Waals surface area contributed by atoms with Gasteiger partial charge in [-0.05, 0) is 54.4 Å². The number of hydrogen-bond acceptors (Lipinski definition) is 4. The number of carbonyl (C=O) groups is 2. The molecule has 0 saturated carbocycles. The van der Waals surface area contributed by atoms with E-state index in [1.807, 2.05) is 0 Å². The molecule has 2 radical (unpaired) electrons. The van der Waals surface area contributed by atoms with E-state index in [-0.39, 0.29) is 88.7 Å². The molecule has 1 aromatic carbocycles. The van der Waals surface area contributed by atoms with E-state index in [0.29, 0.717) is 25.0 Å². The van der Waals surface area contributed by atoms with Gasteiger partial charge in [0.1, 0.15) is 0 Å². The number of hydrogen-bond donors (Lipinski definition) is 0. The van der Waals surface area contributed by atoms with E-state index in [1.54, 1.807) is 13.8 Å². The molecule has 4 unspecified atom stereocenters. The molecule has 0 aliphatic heterocycles. The van der Waals surface area contributed by atoms with Gasteiger partial charge in [-0.15, -0.1) is 0 Å². The standard InChI is InChI=1S/C26H40O4.2Y/c1-7-22(23-13-11-10-12-14-23)18-26(6,15-16-29-24(27)8-2)17-20(4)21(5)19-30-25(28)9-3;;/h8-14,20-22H,7,15-19H2,1-6H3;;/q-2;;. The van der Waals surface area contributed by atoms with Gasteiger partial charge in [0, 0.05) is 65.4 Å². The maximum absolute atomic E-state index is 11.6. The van der Waals surface area contributed by atoms with Crippen LogP contribution >= 0.6 is 0 Å². The van der Waals surface area contributed by atoms with Crippen molar-refractivity contribution >= 4 is 11.9 Å². The predicted octanol–water partition coefficient (Wildman–Crippen LogP) is 6.16. The van der Waals surface area contributed by atoms with Crippen molar-refractivity contribution in [2.45, 2.75) is 73.1 Å². The van der Waals surface area contributed by atoms with Crippen LogP contribution in [0.3, 0.4) is 0 Å². The average molecular weight is 594 g/mol. The molecule has 0 N–H and O–H groups in total. The van der Waals surface area contributed by atoms with Gasteiger partial charge in [-0.3, -0.25) is 22.4 Å². The van der Waals surface area contributed by atoms with Gasteiger partial charge in [0.15, 0.2) is 11.9 Å². The Morgan fingerprint density at radius 2 is 1.50 bits per heavy atom. The van der Waals surface area contributed by atoms with Crippen LogP contribution < -0.4 is 0 Å². The van der Waals surface area contributed by atoms with Crippen LogP contribution in [-0.4, -0.2) is 25.2 Å². The second-order valence-electron chi connectivity index (χ2n) is 8.81. The van der Waals surface area contributed by atoms with Crippen LogP contribution in [0.5, 0.6) is 0 Å². The van der Waals surface area contributed by atoms with E-state index >= 15 is 0 Å². The first-order valence-electron chi connectivity index (χ1n) is 11.2. The number of rotatable bonds is 14. The summed E-state index contributed by atoms with van der Waals surface area (Å²) in [6.07, 6.45) is 6.80. The number of benzene rings is 1. The molecule has 0 heterocycles. The van der Waals surface area contributed by atoms with E-state index in [1.165, 1.54) is 18.4 Å². The zero-order valence-corrected chi connectivity index (χ0v) is 26.5. The smallest absolute Gasteiger partial charge is 0.166 e. The molecule has 0 aliphatic rings. The second kappa shape index (κ2) is 18.4. The summed E-state index contributed by atoms with van der Waals surface area (Å²) in [6, 6.07) is 10.6. The molecule has 4 nitrogen and oxygen atoms in total. The van der Waals surface area contributed by atoms with Gasteiger partial charge in [0.05, 0.1) is 13.2 Å². The third kappa shape index (κ3) is 13.1. The SMILES string of the molecule is C[CH-]C(=O)OCCC(C)(CC(CC)c1ccccc1)CC(C)C(C)COC(=O)[CH-]C.[Y].[Y]. The Hall–Kier alpha value is 0.108. The molecule has 176 valence electrons. The maximum atomic E-state index is 11.6. The quantitative estimate of drug-likeness (QED) is 0.191. The van der Waals surface area contributed by atoms with Crippen molar-refractivity contribution < 1.29 is 84.5 Å². The largest absolute Gasteiger partial charge is 0.488 e. The minimum atomic E-state index is -0.269. The van der Waals surface area contributed by atoms with Gasteiger partial charge in [0.2, 0.25) is 0 Å². The summed E-state index contributed by atoms with van der Waals surface area (Å²) in [5.74, 6) is 0.559. The topological polar surface area (TPSA) is 52.6 Å². The molecular weight excluding hydrogens is 554 g/mol. The van der Waals surface area contributed by atoms with Crippen molar-refractivity contribution in [2.24, 2.45) is 17.3 Å². The summed E-state index contributed by atoms with van der Waals surface area (Å²) >= 11 is 0. The minimum absolute atomic E-state index is 0. The van der Waals surface area contributed by atoms with Crippen LogP contribution in [0.1, 0.15) is 78.7 Å². The van der Waals surface area contributed by atoms with Crippen molar-refractivity contribution in [2.75, 3.05) is 13.2 Å². The Morgan fingerprint density at radius 1 is 0.938 bits per heavy atom. The minimum Gasteiger partial charge on any atom is -0.488 e. The van der Waals surface area contributed by atoms with Gasteiger partial charge in [0.25, 0.3) is 0 Å². The molecule has 0 amide bonds. The van der Waals surface area contributed by atoms with Gasteiger partial charge < -0.3 is 9.47 Å². The van der Waals surface area contributed by atoms with Crippen LogP contribution in [0.25, 0.3) is 0 Å². The third-order valence-electron chi connectivity index (χ3n) is 6.20. The monoisotopic (exact) mass is 594 g/mol. The van der Waals surface area contributed by atoms with E-state index in [4.69, 9.17) is 9.47 Å². The van der Waals surface area contributed by atoms with Crippen LogP contribution in [0.4, 0.5) is 0 Å². The molecule has 1 rings (SSSR count). The molecule has 6 heteroatoms. The Labute approximate surface area is 246 Å². The van der Waals surface area contributed by atoms with Crippen LogP contribution in [-0.2, 0) is 84.5 Å². The van der Waals surface area contributed by atoms with Gasteiger partial charge in [-0.2, -0.15) is 13.8 Å². The van der Waals surface area contributed by atoms with E-state index in [0.717, 1.165) is 25.7 Å². The molecular formula is C26H40O4Y2-2. The molecule has 0 saturated heterocycles. The van der Waals surface area contributed by atoms with Crippen molar-refractivity contribution in [3.63, 3.8) is 0 Å². The number of esters is 2. The summed E-state index contributed by atoms with van der Waals surface area (Å²) in [5, 5.41) is 0. The first kappa shape index (κ1) is 34.3. The summed E-state index contributed by atoms with van der Waals surface area (Å²) in [4.78, 5) is 23.0. The van der Waals surface area contributed by atoms with Gasteiger partial charge in [-0.25, -0.2) is 0 Å². The van der Waals surface area contributed by atoms with Crippen LogP contribution in [0.2, 0.25) is 0 Å². The van der Waals surface area contributed by atoms with Gasteiger partial charge in [-0.1, -0.05) is 58.0 Å². The summed E-state index contributed by atoms with van der Waals surface area (Å²) in [5.41, 5.74) is 1.37. The first-order valence-corrected chi connectivity index (χ1v) is 11.2. The predicted molar refractivity (Wildman–Crippen MR) is 122 cm³/mol. The molecule has 0 aromatic heterocycles. The average Bonchev–Trinajstić information content (AvgIpc) is 2.75. The molecule has 4 atom stereocenters. The fourth-order valence-electron chi connectivity index (χ4n) is 4.03. The summed E-state index contributed by atoms with van der Waals surface area (Å²) < 4.78 is 10.7. The molecule has 0 bridgehead atoms.